The van der Waals surface area contributed by atoms with Crippen molar-refractivity contribution in [3.8, 4) is 28.7 Å². The lowest BCUT2D eigenvalue weighted by molar-refractivity contribution is 0.174. The smallest absolute Gasteiger partial charge is 0.231 e. The fourth-order valence-electron chi connectivity index (χ4n) is 6.08. The summed E-state index contributed by atoms with van der Waals surface area (Å²) in [6.45, 7) is 2.22. The van der Waals surface area contributed by atoms with Crippen LogP contribution in [0.4, 0.5) is 22.9 Å². The Bertz CT molecular complexity index is 1980. The first kappa shape index (κ1) is 25.9. The zero-order valence-electron chi connectivity index (χ0n) is 24.3. The molecule has 0 amide bonds. The number of anilines is 2. The van der Waals surface area contributed by atoms with Crippen LogP contribution in [0.15, 0.2) is 101 Å². The first-order valence-electron chi connectivity index (χ1n) is 14.2. The molecule has 4 heterocycles. The lowest BCUT2D eigenvalue weighted by Crippen LogP contribution is -2.46. The van der Waals surface area contributed by atoms with Gasteiger partial charge in [-0.05, 0) is 49.4 Å². The van der Waals surface area contributed by atoms with Crippen molar-refractivity contribution >= 4 is 34.6 Å². The molecule has 0 aliphatic carbocycles. The average Bonchev–Trinajstić information content (AvgIpc) is 3.67. The van der Waals surface area contributed by atoms with Crippen molar-refractivity contribution in [3.63, 3.8) is 0 Å². The fourth-order valence-corrected chi connectivity index (χ4v) is 6.08. The van der Waals surface area contributed by atoms with Crippen molar-refractivity contribution in [2.45, 2.75) is 13.0 Å². The lowest BCUT2D eigenvalue weighted by Gasteiger charge is -2.41. The molecule has 10 nitrogen and oxygen atoms in total. The summed E-state index contributed by atoms with van der Waals surface area (Å²) in [4.78, 5) is 12.6. The Labute approximate surface area is 253 Å². The van der Waals surface area contributed by atoms with E-state index in [1.54, 1.807) is 14.2 Å². The van der Waals surface area contributed by atoms with Crippen LogP contribution in [-0.4, -0.2) is 42.5 Å². The molecule has 0 radical (unpaired) electrons. The second-order valence-electron chi connectivity index (χ2n) is 10.5. The standard InChI is InChI=1S/C34H28N6O4/c1-20-29-30(23-12-9-15-27(41-2)31(23)42-3)39-25-14-8-7-13-24(25)36-32(35-21-16-17-26-28(18-21)44-19-43-26)34(39)37-33(29)40(38-20)22-10-5-4-6-11-22/h4-18,30H,19H2,1-3H3,(H,35,36). The number of aromatic nitrogens is 2. The van der Waals surface area contributed by atoms with Crippen LogP contribution in [0.25, 0.3) is 5.69 Å². The highest BCUT2D eigenvalue weighted by Gasteiger charge is 2.43. The van der Waals surface area contributed by atoms with Gasteiger partial charge < -0.3 is 29.2 Å². The first-order chi connectivity index (χ1) is 21.6. The topological polar surface area (TPSA) is 94.7 Å². The number of aliphatic imine (C=N–C) groups is 2. The molecule has 5 aromatic rings. The highest BCUT2D eigenvalue weighted by Crippen LogP contribution is 2.51. The minimum atomic E-state index is -0.370. The molecule has 44 heavy (non-hydrogen) atoms. The number of hydrogen-bond acceptors (Lipinski definition) is 9. The SMILES string of the molecule is COc1cccc(C2c3c(C)nn(-c4ccccc4)c3N=C3C(Nc4ccc5c(c4)OCO5)=Nc4ccccc4N32)c1OC. The first-order valence-corrected chi connectivity index (χ1v) is 14.2. The van der Waals surface area contributed by atoms with Gasteiger partial charge in [-0.2, -0.15) is 5.10 Å². The number of rotatable bonds is 5. The Morgan fingerprint density at radius 1 is 0.841 bits per heavy atom. The van der Waals surface area contributed by atoms with Crippen molar-refractivity contribution in [2.75, 3.05) is 31.2 Å². The van der Waals surface area contributed by atoms with Crippen LogP contribution < -0.4 is 29.2 Å². The van der Waals surface area contributed by atoms with Crippen molar-refractivity contribution in [1.29, 1.82) is 0 Å². The van der Waals surface area contributed by atoms with Gasteiger partial charge in [0, 0.05) is 22.9 Å². The third kappa shape index (κ3) is 3.98. The summed E-state index contributed by atoms with van der Waals surface area (Å²) in [6.07, 6.45) is 0. The third-order valence-electron chi connectivity index (χ3n) is 8.00. The van der Waals surface area contributed by atoms with Crippen molar-refractivity contribution in [3.05, 3.63) is 108 Å². The van der Waals surface area contributed by atoms with E-state index in [4.69, 9.17) is 34.0 Å². The van der Waals surface area contributed by atoms with E-state index >= 15 is 0 Å². The van der Waals surface area contributed by atoms with Gasteiger partial charge in [0.1, 0.15) is 0 Å². The van der Waals surface area contributed by atoms with Gasteiger partial charge in [0.05, 0.1) is 43.0 Å². The van der Waals surface area contributed by atoms with Crippen LogP contribution in [0.5, 0.6) is 23.0 Å². The summed E-state index contributed by atoms with van der Waals surface area (Å²) in [5.74, 6) is 4.60. The Kier molecular flexibility index (Phi) is 6.00. The van der Waals surface area contributed by atoms with Crippen molar-refractivity contribution in [1.82, 2.24) is 9.78 Å². The molecule has 1 atom stereocenters. The summed E-state index contributed by atoms with van der Waals surface area (Å²) in [6, 6.07) is 29.4. The van der Waals surface area contributed by atoms with E-state index in [1.165, 1.54) is 0 Å². The van der Waals surface area contributed by atoms with E-state index in [2.05, 4.69) is 22.3 Å². The lowest BCUT2D eigenvalue weighted by atomic mass is 9.92. The molecule has 1 aromatic heterocycles. The summed E-state index contributed by atoms with van der Waals surface area (Å²) in [5, 5.41) is 8.55. The van der Waals surface area contributed by atoms with Crippen LogP contribution in [0.1, 0.15) is 22.9 Å². The summed E-state index contributed by atoms with van der Waals surface area (Å²) in [5.41, 5.74) is 6.15. The molecule has 3 aliphatic rings. The monoisotopic (exact) mass is 584 g/mol. The van der Waals surface area contributed by atoms with E-state index in [0.29, 0.717) is 34.7 Å². The summed E-state index contributed by atoms with van der Waals surface area (Å²) < 4.78 is 24.8. The molecule has 0 bridgehead atoms. The second kappa shape index (κ2) is 10.2. The minimum Gasteiger partial charge on any atom is -0.493 e. The van der Waals surface area contributed by atoms with E-state index in [-0.39, 0.29) is 12.8 Å². The maximum Gasteiger partial charge on any atom is 0.231 e. The number of para-hydroxylation sites is 4. The van der Waals surface area contributed by atoms with E-state index in [0.717, 1.165) is 45.4 Å². The molecule has 0 saturated heterocycles. The average molecular weight is 585 g/mol. The molecule has 8 rings (SSSR count). The van der Waals surface area contributed by atoms with Crippen LogP contribution >= 0.6 is 0 Å². The molecule has 218 valence electrons. The molecule has 0 saturated carbocycles. The van der Waals surface area contributed by atoms with Crippen LogP contribution in [0.3, 0.4) is 0 Å². The number of methoxy groups -OCH3 is 2. The largest absolute Gasteiger partial charge is 0.493 e. The summed E-state index contributed by atoms with van der Waals surface area (Å²) in [7, 11) is 3.31. The molecule has 4 aromatic carbocycles. The van der Waals surface area contributed by atoms with Crippen molar-refractivity contribution in [2.24, 2.45) is 9.98 Å². The van der Waals surface area contributed by atoms with Gasteiger partial charge in [-0.15, -0.1) is 0 Å². The molecule has 1 unspecified atom stereocenters. The van der Waals surface area contributed by atoms with Gasteiger partial charge in [-0.25, -0.2) is 14.7 Å². The van der Waals surface area contributed by atoms with Gasteiger partial charge in [0.2, 0.25) is 6.79 Å². The maximum absolute atomic E-state index is 6.01. The van der Waals surface area contributed by atoms with Gasteiger partial charge in [-0.3, -0.25) is 0 Å². The summed E-state index contributed by atoms with van der Waals surface area (Å²) >= 11 is 0. The molecule has 0 fully saturated rings. The van der Waals surface area contributed by atoms with Crippen LogP contribution in [-0.2, 0) is 0 Å². The second-order valence-corrected chi connectivity index (χ2v) is 10.5. The van der Waals surface area contributed by atoms with E-state index < -0.39 is 0 Å². The molecule has 10 heteroatoms. The number of nitrogens with one attached hydrogen (secondary N) is 1. The Balaban J connectivity index is 1.39. The molecule has 1 N–H and O–H groups in total. The molecule has 0 spiro atoms. The number of nitrogens with zero attached hydrogens (tertiary/aromatic N) is 5. The Morgan fingerprint density at radius 2 is 1.66 bits per heavy atom. The van der Waals surface area contributed by atoms with Gasteiger partial charge in [-0.1, -0.05) is 42.5 Å². The van der Waals surface area contributed by atoms with E-state index in [1.807, 2.05) is 90.5 Å². The van der Waals surface area contributed by atoms with Gasteiger partial charge >= 0.3 is 0 Å². The van der Waals surface area contributed by atoms with Gasteiger partial charge in [0.15, 0.2) is 40.5 Å². The zero-order chi connectivity index (χ0) is 29.8. The molecule has 3 aliphatic heterocycles. The number of hydrogen-bond donors (Lipinski definition) is 1. The molecular formula is C34H28N6O4. The van der Waals surface area contributed by atoms with E-state index in [9.17, 15) is 0 Å². The number of amidine groups is 2. The highest BCUT2D eigenvalue weighted by molar-refractivity contribution is 6.51. The minimum absolute atomic E-state index is 0.198. The normalized spacial score (nSPS) is 15.9. The number of fused-ring (bicyclic) bond motifs is 5. The number of ether oxygens (including phenoxy) is 4. The highest BCUT2D eigenvalue weighted by atomic mass is 16.7. The van der Waals surface area contributed by atoms with Gasteiger partial charge in [0.25, 0.3) is 0 Å². The zero-order valence-corrected chi connectivity index (χ0v) is 24.3. The third-order valence-corrected chi connectivity index (χ3v) is 8.00. The van der Waals surface area contributed by atoms with Crippen LogP contribution in [0, 0.1) is 6.92 Å². The van der Waals surface area contributed by atoms with Crippen LogP contribution in [0.2, 0.25) is 0 Å². The maximum atomic E-state index is 6.01. The predicted molar refractivity (Wildman–Crippen MR) is 169 cm³/mol. The quantitative estimate of drug-likeness (QED) is 0.245. The van der Waals surface area contributed by atoms with Crippen molar-refractivity contribution < 1.29 is 18.9 Å². The number of aryl methyl sites for hydroxylation is 1. The Morgan fingerprint density at radius 3 is 2.50 bits per heavy atom. The molecular weight excluding hydrogens is 556 g/mol. The Hall–Kier alpha value is -5.77. The fraction of sp³-hybridized carbons (Fsp3) is 0.147. The predicted octanol–water partition coefficient (Wildman–Crippen LogP) is 6.72. The number of benzene rings is 4.